The van der Waals surface area contributed by atoms with Crippen LogP contribution in [0.1, 0.15) is 11.1 Å². The van der Waals surface area contributed by atoms with Gasteiger partial charge < -0.3 is 14.2 Å². The van der Waals surface area contributed by atoms with Gasteiger partial charge in [-0.3, -0.25) is 9.88 Å². The summed E-state index contributed by atoms with van der Waals surface area (Å²) in [5.41, 5.74) is 2.31. The maximum absolute atomic E-state index is 5.87. The zero-order valence-corrected chi connectivity index (χ0v) is 13.4. The van der Waals surface area contributed by atoms with Crippen molar-refractivity contribution >= 4 is 0 Å². The van der Waals surface area contributed by atoms with E-state index >= 15 is 0 Å². The highest BCUT2D eigenvalue weighted by Gasteiger charge is 2.12. The van der Waals surface area contributed by atoms with Gasteiger partial charge in [-0.05, 0) is 35.4 Å². The van der Waals surface area contributed by atoms with Crippen molar-refractivity contribution in [1.29, 1.82) is 0 Å². The van der Waals surface area contributed by atoms with Crippen LogP contribution in [0.2, 0.25) is 0 Å². The lowest BCUT2D eigenvalue weighted by Crippen LogP contribution is -2.35. The first kappa shape index (κ1) is 15.8. The topological polar surface area (TPSA) is 43.8 Å². The zero-order valence-electron chi connectivity index (χ0n) is 13.4. The number of rotatable bonds is 6. The molecule has 5 heteroatoms. The normalized spacial score (nSPS) is 15.3. The van der Waals surface area contributed by atoms with Gasteiger partial charge in [-0.15, -0.1) is 0 Å². The van der Waals surface area contributed by atoms with Crippen LogP contribution < -0.4 is 9.47 Å². The lowest BCUT2D eigenvalue weighted by atomic mass is 10.2. The molecule has 0 radical (unpaired) electrons. The summed E-state index contributed by atoms with van der Waals surface area (Å²) in [6, 6.07) is 10.0. The molecule has 0 atom stereocenters. The van der Waals surface area contributed by atoms with E-state index in [1.54, 1.807) is 19.5 Å². The molecule has 23 heavy (non-hydrogen) atoms. The van der Waals surface area contributed by atoms with Gasteiger partial charge >= 0.3 is 0 Å². The summed E-state index contributed by atoms with van der Waals surface area (Å²) in [6.07, 6.45) is 3.53. The van der Waals surface area contributed by atoms with Crippen LogP contribution in [0.5, 0.6) is 11.5 Å². The van der Waals surface area contributed by atoms with Gasteiger partial charge in [0, 0.05) is 32.0 Å². The van der Waals surface area contributed by atoms with Crippen molar-refractivity contribution in [3.05, 3.63) is 53.9 Å². The Kier molecular flexibility index (Phi) is 5.45. The Morgan fingerprint density at radius 1 is 1.04 bits per heavy atom. The van der Waals surface area contributed by atoms with E-state index in [-0.39, 0.29) is 0 Å². The molecule has 2 aromatic rings. The summed E-state index contributed by atoms with van der Waals surface area (Å²) >= 11 is 0. The highest BCUT2D eigenvalue weighted by atomic mass is 16.5. The second-order valence-corrected chi connectivity index (χ2v) is 5.52. The maximum Gasteiger partial charge on any atom is 0.161 e. The Morgan fingerprint density at radius 2 is 1.83 bits per heavy atom. The molecule has 1 aromatic heterocycles. The lowest BCUT2D eigenvalue weighted by molar-refractivity contribution is 0.0341. The first-order valence-corrected chi connectivity index (χ1v) is 7.84. The molecule has 122 valence electrons. The minimum absolute atomic E-state index is 0.502. The highest BCUT2D eigenvalue weighted by molar-refractivity contribution is 5.43. The van der Waals surface area contributed by atoms with Gasteiger partial charge in [-0.25, -0.2) is 0 Å². The van der Waals surface area contributed by atoms with Crippen molar-refractivity contribution in [2.45, 2.75) is 13.2 Å². The van der Waals surface area contributed by atoms with E-state index in [2.05, 4.69) is 22.0 Å². The predicted molar refractivity (Wildman–Crippen MR) is 87.7 cm³/mol. The van der Waals surface area contributed by atoms with Crippen LogP contribution in [0.3, 0.4) is 0 Å². The Bertz CT molecular complexity index is 613. The third-order valence-electron chi connectivity index (χ3n) is 3.88. The van der Waals surface area contributed by atoms with Gasteiger partial charge in [0.1, 0.15) is 6.61 Å². The molecule has 2 heterocycles. The van der Waals surface area contributed by atoms with Crippen molar-refractivity contribution in [3.63, 3.8) is 0 Å². The molecule has 0 spiro atoms. The molecule has 1 saturated heterocycles. The molecule has 1 aromatic carbocycles. The number of hydrogen-bond acceptors (Lipinski definition) is 5. The number of aromatic nitrogens is 1. The minimum atomic E-state index is 0.502. The first-order chi connectivity index (χ1) is 11.3. The van der Waals surface area contributed by atoms with Gasteiger partial charge in [0.25, 0.3) is 0 Å². The smallest absolute Gasteiger partial charge is 0.161 e. The van der Waals surface area contributed by atoms with Crippen molar-refractivity contribution in [2.75, 3.05) is 33.4 Å². The second kappa shape index (κ2) is 7.94. The summed E-state index contributed by atoms with van der Waals surface area (Å²) < 4.78 is 16.7. The van der Waals surface area contributed by atoms with Crippen molar-refractivity contribution in [3.8, 4) is 11.5 Å². The number of benzene rings is 1. The minimum Gasteiger partial charge on any atom is -0.493 e. The largest absolute Gasteiger partial charge is 0.493 e. The van der Waals surface area contributed by atoms with Crippen molar-refractivity contribution in [2.24, 2.45) is 0 Å². The van der Waals surface area contributed by atoms with E-state index in [0.29, 0.717) is 6.61 Å². The molecule has 3 rings (SSSR count). The summed E-state index contributed by atoms with van der Waals surface area (Å²) in [4.78, 5) is 6.39. The molecule has 0 unspecified atom stereocenters. The van der Waals surface area contributed by atoms with Crippen LogP contribution in [0.4, 0.5) is 0 Å². The molecule has 1 aliphatic rings. The summed E-state index contributed by atoms with van der Waals surface area (Å²) in [6.45, 7) is 4.98. The van der Waals surface area contributed by atoms with E-state index in [0.717, 1.165) is 49.9 Å². The van der Waals surface area contributed by atoms with Gasteiger partial charge in [-0.1, -0.05) is 6.07 Å². The number of ether oxygens (including phenoxy) is 3. The fourth-order valence-electron chi connectivity index (χ4n) is 2.59. The highest BCUT2D eigenvalue weighted by Crippen LogP contribution is 2.29. The Hall–Kier alpha value is -2.11. The third-order valence-corrected chi connectivity index (χ3v) is 3.88. The monoisotopic (exact) mass is 314 g/mol. The quantitative estimate of drug-likeness (QED) is 0.819. The standard InChI is InChI=1S/C18H22N2O3/c1-21-18-12-16(13-20-8-10-22-11-9-20)2-3-17(18)23-14-15-4-6-19-7-5-15/h2-7,12H,8-11,13-14H2,1H3. The fraction of sp³-hybridized carbons (Fsp3) is 0.389. The second-order valence-electron chi connectivity index (χ2n) is 5.52. The Labute approximate surface area is 136 Å². The summed E-state index contributed by atoms with van der Waals surface area (Å²) in [5.74, 6) is 1.53. The lowest BCUT2D eigenvalue weighted by Gasteiger charge is -2.26. The van der Waals surface area contributed by atoms with E-state index in [1.165, 1.54) is 5.56 Å². The molecule has 0 amide bonds. The molecule has 5 nitrogen and oxygen atoms in total. The molecule has 0 aliphatic carbocycles. The van der Waals surface area contributed by atoms with Gasteiger partial charge in [0.15, 0.2) is 11.5 Å². The fourth-order valence-corrected chi connectivity index (χ4v) is 2.59. The van der Waals surface area contributed by atoms with Crippen LogP contribution >= 0.6 is 0 Å². The number of pyridine rings is 1. The summed E-state index contributed by atoms with van der Waals surface area (Å²) in [5, 5.41) is 0. The van der Waals surface area contributed by atoms with Gasteiger partial charge in [-0.2, -0.15) is 0 Å². The average molecular weight is 314 g/mol. The van der Waals surface area contributed by atoms with Gasteiger partial charge in [0.2, 0.25) is 0 Å². The van der Waals surface area contributed by atoms with Gasteiger partial charge in [0.05, 0.1) is 20.3 Å². The van der Waals surface area contributed by atoms with Crippen molar-refractivity contribution < 1.29 is 14.2 Å². The van der Waals surface area contributed by atoms with E-state index in [4.69, 9.17) is 14.2 Å². The van der Waals surface area contributed by atoms with Crippen LogP contribution in [0.15, 0.2) is 42.7 Å². The predicted octanol–water partition coefficient (Wildman–Crippen LogP) is 2.50. The maximum atomic E-state index is 5.87. The molecular weight excluding hydrogens is 292 g/mol. The molecule has 0 N–H and O–H groups in total. The van der Waals surface area contributed by atoms with E-state index in [9.17, 15) is 0 Å². The average Bonchev–Trinajstić information content (AvgIpc) is 2.62. The number of morpholine rings is 1. The van der Waals surface area contributed by atoms with E-state index < -0.39 is 0 Å². The first-order valence-electron chi connectivity index (χ1n) is 7.84. The van der Waals surface area contributed by atoms with Crippen LogP contribution in [0.25, 0.3) is 0 Å². The molecule has 1 fully saturated rings. The molecule has 0 bridgehead atoms. The van der Waals surface area contributed by atoms with Crippen LogP contribution in [-0.2, 0) is 17.9 Å². The summed E-state index contributed by atoms with van der Waals surface area (Å²) in [7, 11) is 1.67. The number of nitrogens with zero attached hydrogens (tertiary/aromatic N) is 2. The number of hydrogen-bond donors (Lipinski definition) is 0. The Balaban J connectivity index is 1.64. The SMILES string of the molecule is COc1cc(CN2CCOCC2)ccc1OCc1ccncc1. The van der Waals surface area contributed by atoms with E-state index in [1.807, 2.05) is 18.2 Å². The zero-order chi connectivity index (χ0) is 15.9. The Morgan fingerprint density at radius 3 is 2.57 bits per heavy atom. The number of methoxy groups -OCH3 is 1. The van der Waals surface area contributed by atoms with Crippen LogP contribution in [0, 0.1) is 0 Å². The van der Waals surface area contributed by atoms with Crippen LogP contribution in [-0.4, -0.2) is 43.3 Å². The molecule has 0 saturated carbocycles. The molecule has 1 aliphatic heterocycles. The third kappa shape index (κ3) is 4.43. The van der Waals surface area contributed by atoms with Crippen molar-refractivity contribution in [1.82, 2.24) is 9.88 Å². The molecular formula is C18H22N2O3.